The fraction of sp³-hybridized carbons (Fsp3) is 0.333. The first-order valence-corrected chi connectivity index (χ1v) is 12.0. The van der Waals surface area contributed by atoms with Gasteiger partial charge in [-0.2, -0.15) is 10.1 Å². The molecule has 2 aromatic rings. The summed E-state index contributed by atoms with van der Waals surface area (Å²) in [5.41, 5.74) is 5.83. The number of aliphatic imine (C=N–C) groups is 1. The summed E-state index contributed by atoms with van der Waals surface area (Å²) in [7, 11) is 3.00. The highest BCUT2D eigenvalue weighted by atomic mass is 35.5. The molecule has 13 heteroatoms. The van der Waals surface area contributed by atoms with Gasteiger partial charge >= 0.3 is 6.03 Å². The normalized spacial score (nSPS) is 18.0. The van der Waals surface area contributed by atoms with Gasteiger partial charge < -0.3 is 21.1 Å². The Hall–Kier alpha value is -3.22. The molecule has 0 fully saturated rings. The molecule has 3 amide bonds. The monoisotopic (exact) mass is 554 g/mol. The van der Waals surface area contributed by atoms with Crippen LogP contribution in [0, 0.1) is 11.6 Å². The number of ether oxygens (including phenoxy) is 1. The van der Waals surface area contributed by atoms with Crippen molar-refractivity contribution in [1.29, 1.82) is 0 Å². The van der Waals surface area contributed by atoms with Crippen molar-refractivity contribution in [3.63, 3.8) is 0 Å². The molecule has 200 valence electrons. The van der Waals surface area contributed by atoms with E-state index < -0.39 is 34.5 Å². The smallest absolute Gasteiger partial charge is 0.341 e. The lowest BCUT2D eigenvalue weighted by atomic mass is 9.99. The first kappa shape index (κ1) is 30.0. The van der Waals surface area contributed by atoms with E-state index in [2.05, 4.69) is 20.7 Å². The number of thioether (sulfide) groups is 1. The molecule has 2 atom stereocenters. The fourth-order valence-corrected chi connectivity index (χ4v) is 5.10. The molecule has 4 N–H and O–H groups in total. The van der Waals surface area contributed by atoms with Crippen molar-refractivity contribution in [3.05, 3.63) is 71.3 Å². The molecule has 0 aromatic heterocycles. The highest BCUT2D eigenvalue weighted by Crippen LogP contribution is 2.50. The molecule has 0 radical (unpaired) electrons. The Kier molecular flexibility index (Phi) is 10.8. The molecule has 1 aliphatic rings. The first-order valence-electron chi connectivity index (χ1n) is 11.2. The third-order valence-corrected chi connectivity index (χ3v) is 6.98. The minimum absolute atomic E-state index is 0. The van der Waals surface area contributed by atoms with Crippen molar-refractivity contribution >= 4 is 47.1 Å². The standard InChI is InChI=1S/C24H28F2N6O3S.ClH/c1-15(35-3)21(33)32-24(16-8-5-4-6-9-16,12-7-13-29-23(28-2)30-22(27)34)36-20(31-32)18-14-17(25)10-11-19(18)26;/h4-6,8-11,14-15H,7,12-13H2,1-3H3,(H4,27,28,29,30,34);1H/t15-,24-;/m0./s1. The van der Waals surface area contributed by atoms with Gasteiger partial charge in [-0.1, -0.05) is 42.1 Å². The second-order valence-electron chi connectivity index (χ2n) is 7.89. The number of nitrogens with two attached hydrogens (primary N) is 1. The number of rotatable bonds is 8. The Morgan fingerprint density at radius 1 is 1.24 bits per heavy atom. The van der Waals surface area contributed by atoms with Gasteiger partial charge in [0.15, 0.2) is 0 Å². The molecule has 1 heterocycles. The summed E-state index contributed by atoms with van der Waals surface area (Å²) in [5, 5.41) is 11.7. The molecule has 0 unspecified atom stereocenters. The summed E-state index contributed by atoms with van der Waals surface area (Å²) in [5.74, 6) is -1.50. The van der Waals surface area contributed by atoms with Crippen molar-refractivity contribution in [2.45, 2.75) is 30.7 Å². The van der Waals surface area contributed by atoms with Gasteiger partial charge in [-0.25, -0.2) is 18.6 Å². The number of nitrogens with zero attached hydrogens (tertiary/aromatic N) is 3. The molecule has 1 aliphatic heterocycles. The quantitative estimate of drug-likeness (QED) is 0.261. The number of primary amides is 1. The summed E-state index contributed by atoms with van der Waals surface area (Å²) >= 11 is 1.17. The van der Waals surface area contributed by atoms with Crippen LogP contribution in [0.1, 0.15) is 30.9 Å². The lowest BCUT2D eigenvalue weighted by Crippen LogP contribution is -2.46. The van der Waals surface area contributed by atoms with E-state index in [4.69, 9.17) is 10.5 Å². The van der Waals surface area contributed by atoms with Crippen LogP contribution in [0.3, 0.4) is 0 Å². The number of guanidine groups is 1. The Labute approximate surface area is 224 Å². The van der Waals surface area contributed by atoms with Crippen molar-refractivity contribution in [1.82, 2.24) is 15.6 Å². The van der Waals surface area contributed by atoms with E-state index in [1.807, 2.05) is 30.3 Å². The van der Waals surface area contributed by atoms with Crippen LogP contribution < -0.4 is 16.4 Å². The molecule has 0 spiro atoms. The maximum absolute atomic E-state index is 14.7. The Balaban J connectivity index is 0.00000481. The Morgan fingerprint density at radius 3 is 2.57 bits per heavy atom. The number of hydrazone groups is 1. The molecule has 3 rings (SSSR count). The number of hydrogen-bond donors (Lipinski definition) is 3. The second-order valence-corrected chi connectivity index (χ2v) is 9.15. The number of nitrogens with one attached hydrogen (secondary N) is 2. The number of amides is 3. The summed E-state index contributed by atoms with van der Waals surface area (Å²) in [6.07, 6.45) is 0.0285. The Bertz CT molecular complexity index is 1170. The molecular formula is C24H29ClF2N6O3S. The van der Waals surface area contributed by atoms with Gasteiger partial charge in [-0.3, -0.25) is 4.79 Å². The van der Waals surface area contributed by atoms with Crippen LogP contribution in [-0.2, 0) is 14.4 Å². The van der Waals surface area contributed by atoms with Gasteiger partial charge in [-0.15, -0.1) is 12.4 Å². The topological polar surface area (TPSA) is 121 Å². The van der Waals surface area contributed by atoms with E-state index >= 15 is 0 Å². The average molecular weight is 555 g/mol. The zero-order valence-electron chi connectivity index (χ0n) is 20.5. The molecule has 0 saturated carbocycles. The largest absolute Gasteiger partial charge is 0.372 e. The minimum Gasteiger partial charge on any atom is -0.372 e. The van der Waals surface area contributed by atoms with Gasteiger partial charge in [0.25, 0.3) is 5.91 Å². The SMILES string of the molecule is CN/C(=N/C(N)=O)NCCC[C@@]1(c2ccccc2)SC(c2cc(F)ccc2F)=NN1C(=O)[C@H](C)OC.Cl. The molecule has 2 aromatic carbocycles. The molecule has 0 bridgehead atoms. The van der Waals surface area contributed by atoms with Crippen molar-refractivity contribution < 1.29 is 23.1 Å². The fourth-order valence-electron chi connectivity index (χ4n) is 3.68. The molecular weight excluding hydrogens is 526 g/mol. The maximum atomic E-state index is 14.7. The van der Waals surface area contributed by atoms with Crippen LogP contribution in [-0.4, -0.2) is 54.8 Å². The molecule has 0 aliphatic carbocycles. The van der Waals surface area contributed by atoms with Crippen LogP contribution in [0.4, 0.5) is 13.6 Å². The van der Waals surface area contributed by atoms with Gasteiger partial charge in [0, 0.05) is 26.3 Å². The zero-order valence-corrected chi connectivity index (χ0v) is 22.2. The number of carbonyl (C=O) groups is 2. The van der Waals surface area contributed by atoms with Crippen LogP contribution in [0.5, 0.6) is 0 Å². The van der Waals surface area contributed by atoms with Crippen molar-refractivity contribution in [2.24, 2.45) is 15.8 Å². The highest BCUT2D eigenvalue weighted by Gasteiger charge is 2.49. The number of urea groups is 1. The molecule has 0 saturated heterocycles. The van der Waals surface area contributed by atoms with E-state index in [1.165, 1.54) is 23.9 Å². The van der Waals surface area contributed by atoms with E-state index in [1.54, 1.807) is 14.0 Å². The van der Waals surface area contributed by atoms with E-state index in [-0.39, 0.29) is 29.0 Å². The van der Waals surface area contributed by atoms with Gasteiger partial charge in [0.1, 0.15) is 27.7 Å². The average Bonchev–Trinajstić information content (AvgIpc) is 3.27. The van der Waals surface area contributed by atoms with Crippen LogP contribution >= 0.6 is 24.2 Å². The number of methoxy groups -OCH3 is 1. The third-order valence-electron chi connectivity index (χ3n) is 5.54. The summed E-state index contributed by atoms with van der Waals surface area (Å²) in [6, 6.07) is 11.5. The van der Waals surface area contributed by atoms with Gasteiger partial charge in [0.2, 0.25) is 5.96 Å². The number of hydrogen-bond acceptors (Lipinski definition) is 5. The molecule has 9 nitrogen and oxygen atoms in total. The Morgan fingerprint density at radius 2 is 1.95 bits per heavy atom. The summed E-state index contributed by atoms with van der Waals surface area (Å²) < 4.78 is 34.0. The van der Waals surface area contributed by atoms with Gasteiger partial charge in [-0.05, 0) is 43.5 Å². The van der Waals surface area contributed by atoms with Crippen molar-refractivity contribution in [3.8, 4) is 0 Å². The lowest BCUT2D eigenvalue weighted by molar-refractivity contribution is -0.144. The summed E-state index contributed by atoms with van der Waals surface area (Å²) in [4.78, 5) is 27.1. The number of carbonyl (C=O) groups excluding carboxylic acids is 2. The molecule has 37 heavy (non-hydrogen) atoms. The predicted molar refractivity (Wildman–Crippen MR) is 142 cm³/mol. The lowest BCUT2D eigenvalue weighted by Gasteiger charge is -2.37. The zero-order chi connectivity index (χ0) is 26.3. The third kappa shape index (κ3) is 6.96. The van der Waals surface area contributed by atoms with Crippen molar-refractivity contribution in [2.75, 3.05) is 20.7 Å². The second kappa shape index (κ2) is 13.4. The number of halogens is 3. The van der Waals surface area contributed by atoms with E-state index in [0.717, 1.165) is 23.8 Å². The highest BCUT2D eigenvalue weighted by molar-refractivity contribution is 8.15. The van der Waals surface area contributed by atoms with E-state index in [9.17, 15) is 18.4 Å². The minimum atomic E-state index is -1.07. The van der Waals surface area contributed by atoms with Crippen LogP contribution in [0.15, 0.2) is 58.6 Å². The maximum Gasteiger partial charge on any atom is 0.341 e. The number of benzene rings is 2. The first-order chi connectivity index (χ1) is 17.2. The predicted octanol–water partition coefficient (Wildman–Crippen LogP) is 3.54. The van der Waals surface area contributed by atoms with Crippen LogP contribution in [0.25, 0.3) is 0 Å². The summed E-state index contributed by atoms with van der Waals surface area (Å²) in [6.45, 7) is 1.97. The van der Waals surface area contributed by atoms with E-state index in [0.29, 0.717) is 19.4 Å². The van der Waals surface area contributed by atoms with Crippen LogP contribution in [0.2, 0.25) is 0 Å². The van der Waals surface area contributed by atoms with Gasteiger partial charge in [0.05, 0.1) is 0 Å².